The van der Waals surface area contributed by atoms with E-state index in [0.717, 1.165) is 4.31 Å². The maximum Gasteiger partial charge on any atom is 0.264 e. The molecule has 0 aliphatic carbocycles. The summed E-state index contributed by atoms with van der Waals surface area (Å²) in [4.78, 5) is 12.7. The standard InChI is InChI=1S/C23H21BrClN3O6S/c1-33-20-9-8-16(25)12-19(20)28(35(31,32)17-6-4-3-5-7-17)14-22(29)27-26-13-15-10-18(24)23(30)21(11-15)34-2/h3-13,30H,14H2,1-2H3,(H,27,29)/b26-13-. The number of hydrogen-bond donors (Lipinski definition) is 2. The van der Waals surface area contributed by atoms with Gasteiger partial charge in [-0.05, 0) is 64.0 Å². The summed E-state index contributed by atoms with van der Waals surface area (Å²) in [6, 6.07) is 15.2. The number of phenols is 1. The SMILES string of the molecule is COc1ccc(Cl)cc1N(CC(=O)N/N=C\c1cc(Br)c(O)c(OC)c1)S(=O)(=O)c1ccccc1. The van der Waals surface area contributed by atoms with Gasteiger partial charge in [-0.3, -0.25) is 9.10 Å². The number of hydrazone groups is 1. The van der Waals surface area contributed by atoms with Crippen molar-refractivity contribution in [2.45, 2.75) is 4.90 Å². The van der Waals surface area contributed by atoms with Crippen LogP contribution in [0.3, 0.4) is 0 Å². The Bertz CT molecular complexity index is 1350. The predicted molar refractivity (Wildman–Crippen MR) is 137 cm³/mol. The van der Waals surface area contributed by atoms with Gasteiger partial charge in [0.15, 0.2) is 11.5 Å². The number of ether oxygens (including phenoxy) is 2. The number of aromatic hydroxyl groups is 1. The second kappa shape index (κ2) is 11.4. The number of amides is 1. The summed E-state index contributed by atoms with van der Waals surface area (Å²) < 4.78 is 38.6. The van der Waals surface area contributed by atoms with E-state index in [-0.39, 0.29) is 32.9 Å². The minimum Gasteiger partial charge on any atom is -0.503 e. The summed E-state index contributed by atoms with van der Waals surface area (Å²) in [5.74, 6) is -0.370. The van der Waals surface area contributed by atoms with E-state index in [1.165, 1.54) is 50.8 Å². The van der Waals surface area contributed by atoms with Crippen molar-refractivity contribution in [1.82, 2.24) is 5.43 Å². The molecule has 0 saturated heterocycles. The first kappa shape index (κ1) is 26.3. The Morgan fingerprint density at radius 3 is 2.46 bits per heavy atom. The number of halogens is 2. The second-order valence-electron chi connectivity index (χ2n) is 6.99. The lowest BCUT2D eigenvalue weighted by Crippen LogP contribution is -2.39. The fourth-order valence-corrected chi connectivity index (χ4v) is 5.12. The molecular weight excluding hydrogens is 562 g/mol. The average Bonchev–Trinajstić information content (AvgIpc) is 2.85. The summed E-state index contributed by atoms with van der Waals surface area (Å²) in [6.45, 7) is -0.603. The van der Waals surface area contributed by atoms with Crippen molar-refractivity contribution >= 4 is 55.4 Å². The van der Waals surface area contributed by atoms with Gasteiger partial charge in [-0.25, -0.2) is 13.8 Å². The number of methoxy groups -OCH3 is 2. The third kappa shape index (κ3) is 6.24. The minimum absolute atomic E-state index is 0.0145. The molecule has 0 aliphatic heterocycles. The number of nitrogens with one attached hydrogen (secondary N) is 1. The maximum atomic E-state index is 13.4. The molecule has 0 bridgehead atoms. The molecule has 35 heavy (non-hydrogen) atoms. The van der Waals surface area contributed by atoms with Crippen LogP contribution < -0.4 is 19.2 Å². The topological polar surface area (TPSA) is 118 Å². The number of sulfonamides is 1. The van der Waals surface area contributed by atoms with Crippen molar-refractivity contribution in [2.75, 3.05) is 25.1 Å². The fourth-order valence-electron chi connectivity index (χ4n) is 3.05. The summed E-state index contributed by atoms with van der Waals surface area (Å²) in [6.07, 6.45) is 1.32. The summed E-state index contributed by atoms with van der Waals surface area (Å²) >= 11 is 9.32. The highest BCUT2D eigenvalue weighted by atomic mass is 79.9. The predicted octanol–water partition coefficient (Wildman–Crippen LogP) is 4.17. The molecule has 0 saturated carbocycles. The largest absolute Gasteiger partial charge is 0.503 e. The number of carbonyl (C=O) groups is 1. The normalized spacial score (nSPS) is 11.3. The second-order valence-corrected chi connectivity index (χ2v) is 10.1. The van der Waals surface area contributed by atoms with Crippen molar-refractivity contribution in [2.24, 2.45) is 5.10 Å². The molecule has 1 amide bonds. The number of hydrogen-bond acceptors (Lipinski definition) is 7. The van der Waals surface area contributed by atoms with E-state index in [0.29, 0.717) is 10.0 Å². The highest BCUT2D eigenvalue weighted by molar-refractivity contribution is 9.10. The van der Waals surface area contributed by atoms with Crippen LogP contribution in [0.5, 0.6) is 17.2 Å². The van der Waals surface area contributed by atoms with Gasteiger partial charge in [0.2, 0.25) is 0 Å². The molecule has 0 heterocycles. The molecule has 9 nitrogen and oxygen atoms in total. The first-order valence-corrected chi connectivity index (χ1v) is 12.6. The smallest absolute Gasteiger partial charge is 0.264 e. The zero-order valence-corrected chi connectivity index (χ0v) is 21.8. The molecule has 0 aromatic heterocycles. The Hall–Kier alpha value is -3.28. The number of rotatable bonds is 9. The Balaban J connectivity index is 1.90. The lowest BCUT2D eigenvalue weighted by Gasteiger charge is -2.25. The van der Waals surface area contributed by atoms with Crippen LogP contribution in [0.15, 0.2) is 75.1 Å². The van der Waals surface area contributed by atoms with E-state index in [1.54, 1.807) is 30.3 Å². The Kier molecular flexibility index (Phi) is 8.60. The molecule has 3 rings (SSSR count). The Labute approximate surface area is 216 Å². The first-order valence-electron chi connectivity index (χ1n) is 9.97. The Morgan fingerprint density at radius 1 is 1.11 bits per heavy atom. The summed E-state index contributed by atoms with van der Waals surface area (Å²) in [5, 5.41) is 14.1. The summed E-state index contributed by atoms with van der Waals surface area (Å²) in [7, 11) is -1.38. The zero-order chi connectivity index (χ0) is 25.6. The minimum atomic E-state index is -4.16. The zero-order valence-electron chi connectivity index (χ0n) is 18.6. The molecule has 0 spiro atoms. The van der Waals surface area contributed by atoms with Crippen LogP contribution >= 0.6 is 27.5 Å². The van der Waals surface area contributed by atoms with Crippen LogP contribution in [0.4, 0.5) is 5.69 Å². The lowest BCUT2D eigenvalue weighted by molar-refractivity contribution is -0.119. The molecule has 0 atom stereocenters. The van der Waals surface area contributed by atoms with Crippen molar-refractivity contribution < 1.29 is 27.8 Å². The number of benzene rings is 3. The van der Waals surface area contributed by atoms with E-state index >= 15 is 0 Å². The lowest BCUT2D eigenvalue weighted by atomic mass is 10.2. The molecule has 0 radical (unpaired) electrons. The monoisotopic (exact) mass is 581 g/mol. The molecule has 0 aliphatic rings. The fraction of sp³-hybridized carbons (Fsp3) is 0.130. The van der Waals surface area contributed by atoms with Crippen molar-refractivity contribution in [3.63, 3.8) is 0 Å². The van der Waals surface area contributed by atoms with E-state index in [4.69, 9.17) is 21.1 Å². The van der Waals surface area contributed by atoms with Crippen LogP contribution in [-0.2, 0) is 14.8 Å². The molecule has 184 valence electrons. The molecular formula is C23H21BrClN3O6S. The number of anilines is 1. The third-order valence-corrected chi connectivity index (χ3v) is 7.32. The van der Waals surface area contributed by atoms with E-state index in [2.05, 4.69) is 26.5 Å². The van der Waals surface area contributed by atoms with Gasteiger partial charge >= 0.3 is 0 Å². The van der Waals surface area contributed by atoms with Gasteiger partial charge in [0.1, 0.15) is 12.3 Å². The number of nitrogens with zero attached hydrogens (tertiary/aromatic N) is 2. The van der Waals surface area contributed by atoms with Gasteiger partial charge in [-0.2, -0.15) is 5.10 Å². The van der Waals surface area contributed by atoms with Crippen molar-refractivity contribution in [3.8, 4) is 17.2 Å². The van der Waals surface area contributed by atoms with Crippen LogP contribution in [-0.4, -0.2) is 46.4 Å². The van der Waals surface area contributed by atoms with E-state index in [9.17, 15) is 18.3 Å². The molecule has 3 aromatic rings. The molecule has 12 heteroatoms. The number of phenolic OH excluding ortho intramolecular Hbond substituents is 1. The highest BCUT2D eigenvalue weighted by Crippen LogP contribution is 2.35. The van der Waals surface area contributed by atoms with Crippen LogP contribution in [0.25, 0.3) is 0 Å². The van der Waals surface area contributed by atoms with Gasteiger partial charge in [0.05, 0.1) is 35.5 Å². The van der Waals surface area contributed by atoms with Crippen LogP contribution in [0.2, 0.25) is 5.02 Å². The van der Waals surface area contributed by atoms with Crippen LogP contribution in [0.1, 0.15) is 5.56 Å². The quantitative estimate of drug-likeness (QED) is 0.289. The molecule has 0 fully saturated rings. The van der Waals surface area contributed by atoms with Gasteiger partial charge in [-0.15, -0.1) is 0 Å². The molecule has 0 unspecified atom stereocenters. The highest BCUT2D eigenvalue weighted by Gasteiger charge is 2.29. The molecule has 3 aromatic carbocycles. The molecule has 2 N–H and O–H groups in total. The maximum absolute atomic E-state index is 13.4. The van der Waals surface area contributed by atoms with E-state index < -0.39 is 22.5 Å². The average molecular weight is 583 g/mol. The first-order chi connectivity index (χ1) is 16.7. The van der Waals surface area contributed by atoms with Gasteiger partial charge in [0, 0.05) is 5.02 Å². The van der Waals surface area contributed by atoms with Gasteiger partial charge in [0.25, 0.3) is 15.9 Å². The van der Waals surface area contributed by atoms with E-state index in [1.807, 2.05) is 0 Å². The van der Waals surface area contributed by atoms with Crippen LogP contribution in [0, 0.1) is 0 Å². The van der Waals surface area contributed by atoms with Crippen molar-refractivity contribution in [1.29, 1.82) is 0 Å². The summed E-state index contributed by atoms with van der Waals surface area (Å²) in [5.41, 5.74) is 2.91. The number of carbonyl (C=O) groups excluding carboxylic acids is 1. The van der Waals surface area contributed by atoms with Gasteiger partial charge < -0.3 is 14.6 Å². The van der Waals surface area contributed by atoms with Crippen molar-refractivity contribution in [3.05, 3.63) is 75.7 Å². The Morgan fingerprint density at radius 2 is 1.80 bits per heavy atom. The van der Waals surface area contributed by atoms with Gasteiger partial charge in [-0.1, -0.05) is 29.8 Å². The third-order valence-electron chi connectivity index (χ3n) is 4.70.